The fourth-order valence-electron chi connectivity index (χ4n) is 1.81. The van der Waals surface area contributed by atoms with Crippen molar-refractivity contribution in [3.8, 4) is 16.4 Å². The van der Waals surface area contributed by atoms with Crippen LogP contribution in [0.25, 0.3) is 20.7 Å². The van der Waals surface area contributed by atoms with E-state index >= 15 is 0 Å². The van der Waals surface area contributed by atoms with Gasteiger partial charge in [-0.1, -0.05) is 17.3 Å². The Morgan fingerprint density at radius 2 is 2.26 bits per heavy atom. The van der Waals surface area contributed by atoms with E-state index in [1.807, 2.05) is 24.3 Å². The van der Waals surface area contributed by atoms with Crippen molar-refractivity contribution in [2.24, 2.45) is 0 Å². The van der Waals surface area contributed by atoms with E-state index in [-0.39, 0.29) is 5.69 Å². The molecule has 0 bridgehead atoms. The molecule has 3 rings (SSSR count). The molecule has 0 amide bonds. The topological polar surface area (TPSA) is 72.6 Å². The van der Waals surface area contributed by atoms with Gasteiger partial charge in [0.2, 0.25) is 0 Å². The molecule has 0 aliphatic carbocycles. The molecule has 0 aliphatic rings. The SMILES string of the molecule is COc1cccc2cc(-c3cc(C(=O)O)no3)sc12. The Balaban J connectivity index is 2.12. The molecule has 5 nitrogen and oxygen atoms in total. The van der Waals surface area contributed by atoms with Crippen LogP contribution in [0.1, 0.15) is 10.5 Å². The van der Waals surface area contributed by atoms with Crippen LogP contribution in [0.3, 0.4) is 0 Å². The van der Waals surface area contributed by atoms with Crippen molar-refractivity contribution in [1.82, 2.24) is 5.16 Å². The van der Waals surface area contributed by atoms with Gasteiger partial charge in [0.25, 0.3) is 0 Å². The highest BCUT2D eigenvalue weighted by Gasteiger charge is 2.15. The van der Waals surface area contributed by atoms with Gasteiger partial charge in [0.1, 0.15) is 5.75 Å². The highest BCUT2D eigenvalue weighted by atomic mass is 32.1. The minimum absolute atomic E-state index is 0.0978. The van der Waals surface area contributed by atoms with Gasteiger partial charge in [0, 0.05) is 6.07 Å². The average Bonchev–Trinajstić information content (AvgIpc) is 3.04. The Morgan fingerprint density at radius 1 is 1.42 bits per heavy atom. The summed E-state index contributed by atoms with van der Waals surface area (Å²) in [6.07, 6.45) is 0. The molecule has 19 heavy (non-hydrogen) atoms. The first kappa shape index (κ1) is 11.7. The molecule has 0 unspecified atom stereocenters. The number of carboxylic acid groups (broad SMARTS) is 1. The van der Waals surface area contributed by atoms with E-state index < -0.39 is 5.97 Å². The zero-order valence-corrected chi connectivity index (χ0v) is 10.7. The number of nitrogens with zero attached hydrogens (tertiary/aromatic N) is 1. The molecule has 3 aromatic rings. The predicted octanol–water partition coefficient (Wildman–Crippen LogP) is 3.26. The Hall–Kier alpha value is -2.34. The second-order valence-electron chi connectivity index (χ2n) is 3.87. The first-order valence-corrected chi connectivity index (χ1v) is 6.27. The quantitative estimate of drug-likeness (QED) is 0.794. The molecule has 2 heterocycles. The summed E-state index contributed by atoms with van der Waals surface area (Å²) in [5.41, 5.74) is -0.0978. The molecular weight excluding hydrogens is 266 g/mol. The molecule has 96 valence electrons. The number of hydrogen-bond donors (Lipinski definition) is 1. The van der Waals surface area contributed by atoms with Crippen molar-refractivity contribution in [3.63, 3.8) is 0 Å². The van der Waals surface area contributed by atoms with Crippen LogP contribution in [0.4, 0.5) is 0 Å². The van der Waals surface area contributed by atoms with Crippen molar-refractivity contribution in [3.05, 3.63) is 36.0 Å². The number of fused-ring (bicyclic) bond motifs is 1. The number of aromatic nitrogens is 1. The smallest absolute Gasteiger partial charge is 0.358 e. The summed E-state index contributed by atoms with van der Waals surface area (Å²) >= 11 is 1.47. The zero-order chi connectivity index (χ0) is 13.4. The fourth-order valence-corrected chi connectivity index (χ4v) is 2.91. The van der Waals surface area contributed by atoms with Crippen LogP contribution < -0.4 is 4.74 Å². The molecular formula is C13H9NO4S. The molecule has 0 saturated carbocycles. The first-order valence-electron chi connectivity index (χ1n) is 5.46. The number of rotatable bonds is 3. The lowest BCUT2D eigenvalue weighted by Gasteiger charge is -1.98. The third kappa shape index (κ3) is 1.96. The predicted molar refractivity (Wildman–Crippen MR) is 70.8 cm³/mol. The Bertz CT molecular complexity index is 759. The van der Waals surface area contributed by atoms with Crippen LogP contribution in [-0.2, 0) is 0 Å². The van der Waals surface area contributed by atoms with Crippen molar-refractivity contribution < 1.29 is 19.2 Å². The molecule has 0 saturated heterocycles. The van der Waals surface area contributed by atoms with Gasteiger partial charge in [-0.25, -0.2) is 4.79 Å². The summed E-state index contributed by atoms with van der Waals surface area (Å²) < 4.78 is 11.3. The summed E-state index contributed by atoms with van der Waals surface area (Å²) in [6.45, 7) is 0. The standard InChI is InChI=1S/C13H9NO4S/c1-17-9-4-2-3-7-5-11(19-12(7)9)10-6-8(13(15)16)14-18-10/h2-6H,1H3,(H,15,16). The molecule has 1 aromatic carbocycles. The van der Waals surface area contributed by atoms with E-state index in [4.69, 9.17) is 14.4 Å². The third-order valence-electron chi connectivity index (χ3n) is 2.70. The lowest BCUT2D eigenvalue weighted by Crippen LogP contribution is -1.94. The highest BCUT2D eigenvalue weighted by Crippen LogP contribution is 2.38. The number of benzene rings is 1. The largest absolute Gasteiger partial charge is 0.495 e. The number of hydrogen-bond acceptors (Lipinski definition) is 5. The van der Waals surface area contributed by atoms with E-state index in [9.17, 15) is 4.79 Å². The van der Waals surface area contributed by atoms with Gasteiger partial charge in [-0.2, -0.15) is 0 Å². The number of carbonyl (C=O) groups is 1. The Kier molecular flexibility index (Phi) is 2.72. The zero-order valence-electron chi connectivity index (χ0n) is 9.91. The third-order valence-corrected chi connectivity index (χ3v) is 3.88. The second kappa shape index (κ2) is 4.40. The molecule has 6 heteroatoms. The van der Waals surface area contributed by atoms with Crippen LogP contribution in [0.2, 0.25) is 0 Å². The van der Waals surface area contributed by atoms with Gasteiger partial charge in [0.15, 0.2) is 11.5 Å². The number of methoxy groups -OCH3 is 1. The molecule has 0 fully saturated rings. The number of aromatic carboxylic acids is 1. The van der Waals surface area contributed by atoms with Gasteiger partial charge in [0.05, 0.1) is 16.7 Å². The average molecular weight is 275 g/mol. The van der Waals surface area contributed by atoms with Gasteiger partial charge >= 0.3 is 5.97 Å². The van der Waals surface area contributed by atoms with Crippen LogP contribution >= 0.6 is 11.3 Å². The van der Waals surface area contributed by atoms with Gasteiger partial charge in [-0.15, -0.1) is 11.3 Å². The molecule has 0 aliphatic heterocycles. The van der Waals surface area contributed by atoms with Gasteiger partial charge < -0.3 is 14.4 Å². The van der Waals surface area contributed by atoms with Gasteiger partial charge in [-0.3, -0.25) is 0 Å². The maximum Gasteiger partial charge on any atom is 0.358 e. The fraction of sp³-hybridized carbons (Fsp3) is 0.0769. The second-order valence-corrected chi connectivity index (χ2v) is 4.92. The summed E-state index contributed by atoms with van der Waals surface area (Å²) in [7, 11) is 1.62. The summed E-state index contributed by atoms with van der Waals surface area (Å²) in [6, 6.07) is 9.09. The normalized spacial score (nSPS) is 10.8. The van der Waals surface area contributed by atoms with Crippen LogP contribution in [0.15, 0.2) is 34.9 Å². The first-order chi connectivity index (χ1) is 9.19. The van der Waals surface area contributed by atoms with Crippen molar-refractivity contribution in [2.45, 2.75) is 0 Å². The highest BCUT2D eigenvalue weighted by molar-refractivity contribution is 7.22. The maximum absolute atomic E-state index is 10.8. The Morgan fingerprint density at radius 3 is 2.95 bits per heavy atom. The molecule has 1 N–H and O–H groups in total. The maximum atomic E-state index is 10.8. The van der Waals surface area contributed by atoms with E-state index in [1.165, 1.54) is 17.4 Å². The minimum Gasteiger partial charge on any atom is -0.495 e. The minimum atomic E-state index is -1.10. The summed E-state index contributed by atoms with van der Waals surface area (Å²) in [5, 5.41) is 13.4. The lowest BCUT2D eigenvalue weighted by molar-refractivity contribution is 0.0686. The van der Waals surface area contributed by atoms with E-state index in [0.717, 1.165) is 20.7 Å². The number of carboxylic acids is 1. The molecule has 0 radical (unpaired) electrons. The summed E-state index contributed by atoms with van der Waals surface area (Å²) in [4.78, 5) is 11.6. The number of ether oxygens (including phenoxy) is 1. The van der Waals surface area contributed by atoms with Gasteiger partial charge in [-0.05, 0) is 17.5 Å². The van der Waals surface area contributed by atoms with Crippen molar-refractivity contribution >= 4 is 27.4 Å². The van der Waals surface area contributed by atoms with Crippen molar-refractivity contribution in [2.75, 3.05) is 7.11 Å². The van der Waals surface area contributed by atoms with E-state index in [1.54, 1.807) is 7.11 Å². The molecule has 2 aromatic heterocycles. The summed E-state index contributed by atoms with van der Waals surface area (Å²) in [5.74, 6) is 0.126. The Labute approximate surface area is 112 Å². The monoisotopic (exact) mass is 275 g/mol. The van der Waals surface area contributed by atoms with Crippen LogP contribution in [0, 0.1) is 0 Å². The lowest BCUT2D eigenvalue weighted by atomic mass is 10.2. The van der Waals surface area contributed by atoms with E-state index in [2.05, 4.69) is 5.16 Å². The number of thiophene rings is 1. The van der Waals surface area contributed by atoms with Crippen molar-refractivity contribution in [1.29, 1.82) is 0 Å². The van der Waals surface area contributed by atoms with E-state index in [0.29, 0.717) is 5.76 Å². The van der Waals surface area contributed by atoms with Crippen LogP contribution in [-0.4, -0.2) is 23.3 Å². The van der Waals surface area contributed by atoms with Crippen LogP contribution in [0.5, 0.6) is 5.75 Å². The molecule has 0 spiro atoms. The molecule has 0 atom stereocenters.